The van der Waals surface area contributed by atoms with Crippen LogP contribution in [0.15, 0.2) is 29.3 Å². The van der Waals surface area contributed by atoms with E-state index in [9.17, 15) is 13.6 Å². The first-order chi connectivity index (χ1) is 7.11. The highest BCUT2D eigenvalue weighted by molar-refractivity contribution is 5.58. The van der Waals surface area contributed by atoms with Gasteiger partial charge in [0.2, 0.25) is 0 Å². The molecule has 0 saturated carbocycles. The molecule has 1 aromatic carbocycles. The highest BCUT2D eigenvalue weighted by Gasteiger charge is 2.14. The molecule has 15 heavy (non-hydrogen) atoms. The Labute approximate surface area is 83.0 Å². The molecule has 6 heteroatoms. The van der Waals surface area contributed by atoms with E-state index in [1.54, 1.807) is 0 Å². The average Bonchev–Trinajstić information content (AvgIpc) is 2.60. The predicted octanol–water partition coefficient (Wildman–Crippen LogP) is 1.03. The van der Waals surface area contributed by atoms with Crippen LogP contribution < -0.4 is 11.4 Å². The molecule has 0 saturated heterocycles. The van der Waals surface area contributed by atoms with E-state index in [-0.39, 0.29) is 11.4 Å². The van der Waals surface area contributed by atoms with Gasteiger partial charge in [-0.25, -0.2) is 13.6 Å². The molecule has 0 aliphatic heterocycles. The third-order valence-electron chi connectivity index (χ3n) is 1.99. The molecule has 0 unspecified atom stereocenters. The summed E-state index contributed by atoms with van der Waals surface area (Å²) in [7, 11) is 0. The maximum Gasteiger partial charge on any atom is 0.330 e. The monoisotopic (exact) mass is 211 g/mol. The third-order valence-corrected chi connectivity index (χ3v) is 1.99. The smallest absolute Gasteiger partial charge is 0.330 e. The van der Waals surface area contributed by atoms with Gasteiger partial charge in [0, 0.05) is 12.4 Å². The van der Waals surface area contributed by atoms with Crippen LogP contribution in [0.25, 0.3) is 5.69 Å². The summed E-state index contributed by atoms with van der Waals surface area (Å²) < 4.78 is 27.2. The van der Waals surface area contributed by atoms with Gasteiger partial charge in [-0.05, 0) is 12.1 Å². The van der Waals surface area contributed by atoms with Gasteiger partial charge in [-0.3, -0.25) is 4.57 Å². The number of rotatable bonds is 1. The lowest BCUT2D eigenvalue weighted by molar-refractivity contribution is 0.504. The van der Waals surface area contributed by atoms with Gasteiger partial charge < -0.3 is 10.7 Å². The van der Waals surface area contributed by atoms with Gasteiger partial charge >= 0.3 is 5.69 Å². The van der Waals surface area contributed by atoms with Crippen molar-refractivity contribution in [3.63, 3.8) is 0 Å². The van der Waals surface area contributed by atoms with E-state index < -0.39 is 17.3 Å². The number of aromatic nitrogens is 2. The zero-order valence-corrected chi connectivity index (χ0v) is 7.50. The Morgan fingerprint density at radius 3 is 2.67 bits per heavy atom. The number of nitrogens with one attached hydrogen (secondary N) is 1. The number of benzene rings is 1. The Balaban J connectivity index is 2.78. The fraction of sp³-hybridized carbons (Fsp3) is 0. The molecule has 0 atom stereocenters. The van der Waals surface area contributed by atoms with Crippen LogP contribution in [0.1, 0.15) is 0 Å². The van der Waals surface area contributed by atoms with Crippen molar-refractivity contribution < 1.29 is 8.78 Å². The highest BCUT2D eigenvalue weighted by Crippen LogP contribution is 2.21. The van der Waals surface area contributed by atoms with E-state index in [1.165, 1.54) is 18.5 Å². The molecule has 0 aliphatic rings. The fourth-order valence-corrected chi connectivity index (χ4v) is 1.30. The Kier molecular flexibility index (Phi) is 2.03. The molecule has 0 radical (unpaired) electrons. The molecular weight excluding hydrogens is 204 g/mol. The second kappa shape index (κ2) is 3.23. The molecule has 0 fully saturated rings. The number of H-pyrrole nitrogens is 1. The summed E-state index contributed by atoms with van der Waals surface area (Å²) in [6, 6.07) is 2.11. The van der Waals surface area contributed by atoms with Crippen molar-refractivity contribution in [1.29, 1.82) is 0 Å². The normalized spacial score (nSPS) is 10.5. The first-order valence-electron chi connectivity index (χ1n) is 4.11. The summed E-state index contributed by atoms with van der Waals surface area (Å²) in [6.45, 7) is 0. The molecule has 2 aromatic rings. The van der Waals surface area contributed by atoms with Crippen molar-refractivity contribution in [2.75, 3.05) is 5.73 Å². The molecule has 1 heterocycles. The second-order valence-electron chi connectivity index (χ2n) is 2.93. The lowest BCUT2D eigenvalue weighted by Crippen LogP contribution is -2.17. The maximum atomic E-state index is 13.4. The molecule has 1 aromatic heterocycles. The Morgan fingerprint density at radius 2 is 2.07 bits per heavy atom. The summed E-state index contributed by atoms with van der Waals surface area (Å²) in [5.74, 6) is -2.19. The van der Waals surface area contributed by atoms with Gasteiger partial charge in [-0.1, -0.05) is 0 Å². The summed E-state index contributed by atoms with van der Waals surface area (Å²) in [6.07, 6.45) is 2.59. The SMILES string of the molecule is Nc1ccc(F)c(F)c1-n1cc[nH]c1=O. The van der Waals surface area contributed by atoms with Gasteiger partial charge in [-0.2, -0.15) is 0 Å². The topological polar surface area (TPSA) is 63.8 Å². The van der Waals surface area contributed by atoms with E-state index in [2.05, 4.69) is 4.98 Å². The average molecular weight is 211 g/mol. The molecule has 0 spiro atoms. The summed E-state index contributed by atoms with van der Waals surface area (Å²) in [4.78, 5) is 13.5. The van der Waals surface area contributed by atoms with Crippen LogP contribution in [-0.4, -0.2) is 9.55 Å². The number of aromatic amines is 1. The van der Waals surface area contributed by atoms with Crippen LogP contribution in [0, 0.1) is 11.6 Å². The number of hydrogen-bond acceptors (Lipinski definition) is 2. The lowest BCUT2D eigenvalue weighted by atomic mass is 10.2. The zero-order valence-electron chi connectivity index (χ0n) is 7.50. The molecule has 4 nitrogen and oxygen atoms in total. The van der Waals surface area contributed by atoms with Crippen molar-refractivity contribution in [3.05, 3.63) is 46.6 Å². The molecule has 0 aliphatic carbocycles. The van der Waals surface area contributed by atoms with Gasteiger partial charge in [0.15, 0.2) is 11.6 Å². The Morgan fingerprint density at radius 1 is 1.33 bits per heavy atom. The molecule has 0 amide bonds. The van der Waals surface area contributed by atoms with Gasteiger partial charge in [0.1, 0.15) is 5.69 Å². The largest absolute Gasteiger partial charge is 0.397 e. The third kappa shape index (κ3) is 1.39. The van der Waals surface area contributed by atoms with Gasteiger partial charge in [0.05, 0.1) is 5.69 Å². The van der Waals surface area contributed by atoms with E-state index >= 15 is 0 Å². The van der Waals surface area contributed by atoms with E-state index in [1.807, 2.05) is 0 Å². The number of nitrogens with two attached hydrogens (primary N) is 1. The summed E-state index contributed by atoms with van der Waals surface area (Å²) in [5, 5.41) is 0. The lowest BCUT2D eigenvalue weighted by Gasteiger charge is -2.06. The van der Waals surface area contributed by atoms with Crippen LogP contribution >= 0.6 is 0 Å². The number of nitrogens with zero attached hydrogens (tertiary/aromatic N) is 1. The van der Waals surface area contributed by atoms with Crippen LogP contribution in [0.2, 0.25) is 0 Å². The van der Waals surface area contributed by atoms with E-state index in [4.69, 9.17) is 5.73 Å². The molecular formula is C9H7F2N3O. The quantitative estimate of drug-likeness (QED) is 0.692. The van der Waals surface area contributed by atoms with E-state index in [0.29, 0.717) is 0 Å². The van der Waals surface area contributed by atoms with Crippen molar-refractivity contribution in [2.45, 2.75) is 0 Å². The number of anilines is 1. The predicted molar refractivity (Wildman–Crippen MR) is 50.7 cm³/mol. The minimum atomic E-state index is -1.14. The van der Waals surface area contributed by atoms with E-state index in [0.717, 1.165) is 10.6 Å². The Hall–Kier alpha value is -2.11. The first-order valence-corrected chi connectivity index (χ1v) is 4.11. The Bertz CT molecular complexity index is 559. The van der Waals surface area contributed by atoms with Crippen LogP contribution in [-0.2, 0) is 0 Å². The number of halogens is 2. The number of hydrogen-bond donors (Lipinski definition) is 2. The molecule has 3 N–H and O–H groups in total. The summed E-state index contributed by atoms with van der Waals surface area (Å²) >= 11 is 0. The highest BCUT2D eigenvalue weighted by atomic mass is 19.2. The minimum Gasteiger partial charge on any atom is -0.397 e. The van der Waals surface area contributed by atoms with Crippen molar-refractivity contribution in [2.24, 2.45) is 0 Å². The minimum absolute atomic E-state index is 0.00407. The summed E-state index contributed by atoms with van der Waals surface area (Å²) in [5.41, 5.74) is 4.61. The van der Waals surface area contributed by atoms with Gasteiger partial charge in [0.25, 0.3) is 0 Å². The molecule has 78 valence electrons. The van der Waals surface area contributed by atoms with Gasteiger partial charge in [-0.15, -0.1) is 0 Å². The number of imidazole rings is 1. The van der Waals surface area contributed by atoms with Crippen molar-refractivity contribution >= 4 is 5.69 Å². The van der Waals surface area contributed by atoms with Crippen LogP contribution in [0.4, 0.5) is 14.5 Å². The standard InChI is InChI=1S/C9H7F2N3O/c10-5-1-2-6(12)8(7(5)11)14-4-3-13-9(14)15/h1-4H,12H2,(H,13,15). The first kappa shape index (κ1) is 9.45. The van der Waals surface area contributed by atoms with Crippen molar-refractivity contribution in [3.8, 4) is 5.69 Å². The zero-order chi connectivity index (χ0) is 11.0. The fourth-order valence-electron chi connectivity index (χ4n) is 1.30. The molecule has 2 rings (SSSR count). The van der Waals surface area contributed by atoms with Crippen LogP contribution in [0.5, 0.6) is 0 Å². The maximum absolute atomic E-state index is 13.4. The molecule has 0 bridgehead atoms. The number of nitrogen functional groups attached to an aromatic ring is 1. The van der Waals surface area contributed by atoms with Crippen molar-refractivity contribution in [1.82, 2.24) is 9.55 Å². The van der Waals surface area contributed by atoms with Crippen LogP contribution in [0.3, 0.4) is 0 Å². The second-order valence-corrected chi connectivity index (χ2v) is 2.93.